The third-order valence-electron chi connectivity index (χ3n) is 3.77. The van der Waals surface area contributed by atoms with E-state index >= 15 is 0 Å². The Morgan fingerprint density at radius 3 is 1.88 bits per heavy atom. The fourth-order valence-corrected chi connectivity index (χ4v) is 2.43. The third-order valence-corrected chi connectivity index (χ3v) is 3.77. The molecule has 6 heteroatoms. The first-order valence-corrected chi connectivity index (χ1v) is 8.65. The van der Waals surface area contributed by atoms with Gasteiger partial charge in [-0.2, -0.15) is 4.99 Å². The molecule has 0 bridgehead atoms. The van der Waals surface area contributed by atoms with Crippen molar-refractivity contribution in [2.45, 2.75) is 40.5 Å². The van der Waals surface area contributed by atoms with Gasteiger partial charge in [-0.3, -0.25) is 0 Å². The Bertz CT molecular complexity index is 789. The number of nitrogens with two attached hydrogens (primary N) is 4. The highest BCUT2D eigenvalue weighted by Gasteiger charge is 2.00. The number of benzene rings is 2. The van der Waals surface area contributed by atoms with Gasteiger partial charge in [-0.15, -0.1) is 0 Å². The van der Waals surface area contributed by atoms with Crippen LogP contribution in [0.3, 0.4) is 0 Å². The van der Waals surface area contributed by atoms with E-state index in [1.54, 1.807) is 0 Å². The lowest BCUT2D eigenvalue weighted by molar-refractivity contribution is 1.12. The lowest BCUT2D eigenvalue weighted by atomic mass is 10.1. The molecule has 0 aromatic heterocycles. The van der Waals surface area contributed by atoms with Crippen LogP contribution < -0.4 is 22.9 Å². The lowest BCUT2D eigenvalue weighted by Crippen LogP contribution is -2.26. The summed E-state index contributed by atoms with van der Waals surface area (Å²) in [4.78, 5) is 7.83. The van der Waals surface area contributed by atoms with E-state index in [-0.39, 0.29) is 11.9 Å². The highest BCUT2D eigenvalue weighted by molar-refractivity contribution is 5.93. The van der Waals surface area contributed by atoms with Crippen LogP contribution in [0.15, 0.2) is 46.4 Å². The summed E-state index contributed by atoms with van der Waals surface area (Å²) in [5.74, 6) is -0.0232. The van der Waals surface area contributed by atoms with Crippen molar-refractivity contribution in [1.29, 1.82) is 0 Å². The number of aryl methyl sites for hydroxylation is 4. The molecule has 6 nitrogen and oxygen atoms in total. The Labute approximate surface area is 156 Å². The first-order valence-electron chi connectivity index (χ1n) is 8.65. The number of hydrogen-bond acceptors (Lipinski definition) is 2. The largest absolute Gasteiger partial charge is 0.399 e. The summed E-state index contributed by atoms with van der Waals surface area (Å²) >= 11 is 0. The van der Waals surface area contributed by atoms with Crippen LogP contribution in [-0.2, 0) is 12.8 Å². The molecule has 0 unspecified atom stereocenters. The maximum Gasteiger partial charge on any atom is 0.223 e. The topological polar surface area (TPSA) is 129 Å². The summed E-state index contributed by atoms with van der Waals surface area (Å²) in [6, 6.07) is 12.1. The molecule has 0 heterocycles. The Kier molecular flexibility index (Phi) is 8.15. The van der Waals surface area contributed by atoms with E-state index in [9.17, 15) is 0 Å². The first kappa shape index (κ1) is 21.0. The van der Waals surface area contributed by atoms with Gasteiger partial charge in [0.2, 0.25) is 5.96 Å². The molecule has 0 fully saturated rings. The quantitative estimate of drug-likeness (QED) is 0.383. The fraction of sp³-hybridized carbons (Fsp3) is 0.300. The molecule has 0 aliphatic heterocycles. The van der Waals surface area contributed by atoms with Gasteiger partial charge < -0.3 is 22.9 Å². The van der Waals surface area contributed by atoms with Gasteiger partial charge in [0, 0.05) is 5.69 Å². The minimum Gasteiger partial charge on any atom is -0.399 e. The zero-order chi connectivity index (χ0) is 19.7. The molecule has 26 heavy (non-hydrogen) atoms. The number of nitrogen functional groups attached to an aromatic ring is 1. The van der Waals surface area contributed by atoms with Crippen LogP contribution in [0.5, 0.6) is 0 Å². The van der Waals surface area contributed by atoms with Crippen molar-refractivity contribution in [1.82, 2.24) is 0 Å². The third kappa shape index (κ3) is 6.84. The Hall–Kier alpha value is -3.02. The average Bonchev–Trinajstić information content (AvgIpc) is 2.58. The molecule has 0 aliphatic rings. The Balaban J connectivity index is 0.000000289. The summed E-state index contributed by atoms with van der Waals surface area (Å²) in [6.45, 7) is 8.29. The molecule has 0 saturated heterocycles. The van der Waals surface area contributed by atoms with Crippen molar-refractivity contribution in [3.63, 3.8) is 0 Å². The number of aliphatic imine (C=N–C) groups is 2. The highest BCUT2D eigenvalue weighted by Crippen LogP contribution is 2.21. The molecule has 0 aliphatic carbocycles. The number of guanidine groups is 2. The van der Waals surface area contributed by atoms with Crippen molar-refractivity contribution in [3.05, 3.63) is 58.7 Å². The normalized spacial score (nSPS) is 10.7. The molecule has 8 N–H and O–H groups in total. The number of nitrogens with zero attached hydrogens (tertiary/aromatic N) is 2. The van der Waals surface area contributed by atoms with Crippen LogP contribution >= 0.6 is 0 Å². The van der Waals surface area contributed by atoms with E-state index in [1.165, 1.54) is 16.7 Å². The molecule has 0 amide bonds. The maximum absolute atomic E-state index is 5.70. The summed E-state index contributed by atoms with van der Waals surface area (Å²) < 4.78 is 0. The Morgan fingerprint density at radius 2 is 1.38 bits per heavy atom. The molecule has 2 aromatic rings. The predicted molar refractivity (Wildman–Crippen MR) is 113 cm³/mol. The average molecular weight is 355 g/mol. The minimum absolute atomic E-state index is 0.0681. The Morgan fingerprint density at radius 1 is 0.846 bits per heavy atom. The molecule has 2 aromatic carbocycles. The van der Waals surface area contributed by atoms with Crippen LogP contribution in [0, 0.1) is 13.8 Å². The molecule has 0 atom stereocenters. The second-order valence-corrected chi connectivity index (χ2v) is 6.05. The number of hydrogen-bond donors (Lipinski definition) is 4. The van der Waals surface area contributed by atoms with Gasteiger partial charge in [-0.05, 0) is 49.9 Å². The van der Waals surface area contributed by atoms with Crippen molar-refractivity contribution in [3.8, 4) is 0 Å². The van der Waals surface area contributed by atoms with E-state index in [2.05, 4.69) is 42.9 Å². The van der Waals surface area contributed by atoms with Gasteiger partial charge in [0.05, 0.1) is 5.69 Å². The van der Waals surface area contributed by atoms with E-state index in [0.29, 0.717) is 0 Å². The second kappa shape index (κ2) is 10.1. The zero-order valence-corrected chi connectivity index (χ0v) is 16.1. The fourth-order valence-electron chi connectivity index (χ4n) is 2.43. The van der Waals surface area contributed by atoms with Crippen LogP contribution in [0.2, 0.25) is 0 Å². The van der Waals surface area contributed by atoms with E-state index in [0.717, 1.165) is 29.8 Å². The molecule has 0 spiro atoms. The van der Waals surface area contributed by atoms with Crippen molar-refractivity contribution >= 4 is 23.3 Å². The molecule has 2 rings (SSSR count). The predicted octanol–water partition coefficient (Wildman–Crippen LogP) is 2.92. The maximum atomic E-state index is 5.70. The van der Waals surface area contributed by atoms with Gasteiger partial charge in [-0.1, -0.05) is 49.2 Å². The van der Waals surface area contributed by atoms with Crippen LogP contribution in [0.1, 0.15) is 36.1 Å². The van der Waals surface area contributed by atoms with Crippen molar-refractivity contribution < 1.29 is 0 Å². The van der Waals surface area contributed by atoms with E-state index in [4.69, 9.17) is 22.9 Å². The smallest absolute Gasteiger partial charge is 0.223 e. The van der Waals surface area contributed by atoms with Crippen molar-refractivity contribution in [2.75, 3.05) is 5.73 Å². The lowest BCUT2D eigenvalue weighted by Gasteiger charge is -2.04. The van der Waals surface area contributed by atoms with Gasteiger partial charge in [0.1, 0.15) is 0 Å². The van der Waals surface area contributed by atoms with Crippen LogP contribution in [-0.4, -0.2) is 11.9 Å². The highest BCUT2D eigenvalue weighted by atomic mass is 15.1. The van der Waals surface area contributed by atoms with Gasteiger partial charge in [0.25, 0.3) is 0 Å². The summed E-state index contributed by atoms with van der Waals surface area (Å²) in [7, 11) is 0. The monoisotopic (exact) mass is 354 g/mol. The SMILES string of the molecule is CCc1cc(C)ccc1N.CCc1cc(C)ccc1N=C(N)N=C(N)N. The first-order chi connectivity index (χ1) is 12.3. The standard InChI is InChI=1S/C11H17N5.C9H13N/c1-3-8-6-7(2)4-5-9(8)15-11(14)16-10(12)13;1-3-8-6-7(2)4-5-9(8)10/h4-6H,3H2,1-2H3,(H6,12,13,14,15,16);4-6H,3,10H2,1-2H3. The minimum atomic E-state index is -0.0913. The zero-order valence-electron chi connectivity index (χ0n) is 16.1. The molecular weight excluding hydrogens is 324 g/mol. The van der Waals surface area contributed by atoms with Crippen molar-refractivity contribution in [2.24, 2.45) is 27.2 Å². The number of anilines is 1. The molecular formula is C20H30N6. The van der Waals surface area contributed by atoms with Crippen LogP contribution in [0.25, 0.3) is 0 Å². The summed E-state index contributed by atoms with van der Waals surface area (Å²) in [5.41, 5.74) is 28.2. The summed E-state index contributed by atoms with van der Waals surface area (Å²) in [6.07, 6.45) is 1.91. The van der Waals surface area contributed by atoms with E-state index in [1.807, 2.05) is 31.2 Å². The molecule has 0 saturated carbocycles. The van der Waals surface area contributed by atoms with Gasteiger partial charge >= 0.3 is 0 Å². The van der Waals surface area contributed by atoms with E-state index < -0.39 is 0 Å². The van der Waals surface area contributed by atoms with Crippen LogP contribution in [0.4, 0.5) is 11.4 Å². The van der Waals surface area contributed by atoms with Gasteiger partial charge in [0.15, 0.2) is 5.96 Å². The second-order valence-electron chi connectivity index (χ2n) is 6.05. The molecule has 0 radical (unpaired) electrons. The number of rotatable bonds is 3. The van der Waals surface area contributed by atoms with Gasteiger partial charge in [-0.25, -0.2) is 4.99 Å². The summed E-state index contributed by atoms with van der Waals surface area (Å²) in [5, 5.41) is 0. The molecule has 140 valence electrons.